The molecule has 0 aliphatic heterocycles. The molecule has 0 aromatic heterocycles. The maximum absolute atomic E-state index is 12.6. The molecule has 2 aromatic carbocycles. The molecule has 4 N–H and O–H groups in total. The number of carbonyl (C=O) groups is 1. The second kappa shape index (κ2) is 13.5. The maximum Gasteiger partial charge on any atom is 0.313 e. The molecule has 2 atom stereocenters. The molecule has 0 fully saturated rings. The Labute approximate surface area is 218 Å². The van der Waals surface area contributed by atoms with Crippen LogP contribution in [0.3, 0.4) is 0 Å². The van der Waals surface area contributed by atoms with E-state index in [4.69, 9.17) is 9.47 Å². The van der Waals surface area contributed by atoms with Gasteiger partial charge in [0.15, 0.2) is 0 Å². The van der Waals surface area contributed by atoms with Crippen LogP contribution in [-0.2, 0) is 35.8 Å². The van der Waals surface area contributed by atoms with Gasteiger partial charge in [-0.2, -0.15) is 0 Å². The summed E-state index contributed by atoms with van der Waals surface area (Å²) < 4.78 is 11.4. The first-order chi connectivity index (χ1) is 17.8. The molecule has 0 spiro atoms. The molecular weight excluding hydrogens is 472 g/mol. The molecule has 200 valence electrons. The first kappa shape index (κ1) is 28.6. The summed E-state index contributed by atoms with van der Waals surface area (Å²) in [5, 5.41) is 39.9. The number of esters is 1. The van der Waals surface area contributed by atoms with E-state index in [1.165, 1.54) is 5.57 Å². The van der Waals surface area contributed by atoms with Crippen molar-refractivity contribution in [1.82, 2.24) is 0 Å². The number of benzene rings is 2. The van der Waals surface area contributed by atoms with E-state index >= 15 is 0 Å². The van der Waals surface area contributed by atoms with Crippen molar-refractivity contribution in [1.29, 1.82) is 0 Å². The molecular formula is C30H38O7. The maximum atomic E-state index is 12.6. The zero-order chi connectivity index (χ0) is 26.9. The van der Waals surface area contributed by atoms with Crippen molar-refractivity contribution in [3.63, 3.8) is 0 Å². The van der Waals surface area contributed by atoms with E-state index in [9.17, 15) is 25.2 Å². The molecule has 0 radical (unpaired) electrons. The number of rotatable bonds is 12. The van der Waals surface area contributed by atoms with Crippen molar-refractivity contribution in [2.75, 3.05) is 6.61 Å². The molecule has 0 bridgehead atoms. The molecule has 1 aliphatic rings. The molecule has 0 saturated carbocycles. The Balaban J connectivity index is 1.70. The monoisotopic (exact) mass is 510 g/mol. The standard InChI is InChI=1S/C30H38O7/c1-4-19(3)21-6-8-27(9-7-21)36-11-10-28(34)37-30-25(17-32)14-23(15-26(30)18-33)22-12-20(5-2)29(35)24(13-22)16-31/h6-8,12-15,19,27,31-33,35H,4-5,9-11,16-18H2,1-3H3. The summed E-state index contributed by atoms with van der Waals surface area (Å²) in [6, 6.07) is 6.82. The Morgan fingerprint density at radius 1 is 0.973 bits per heavy atom. The summed E-state index contributed by atoms with van der Waals surface area (Å²) in [6.45, 7) is 5.33. The topological polar surface area (TPSA) is 116 Å². The number of aryl methyl sites for hydroxylation is 1. The van der Waals surface area contributed by atoms with E-state index in [1.54, 1.807) is 24.3 Å². The van der Waals surface area contributed by atoms with Crippen LogP contribution >= 0.6 is 0 Å². The van der Waals surface area contributed by atoms with Crippen molar-refractivity contribution >= 4 is 5.97 Å². The molecule has 7 nitrogen and oxygen atoms in total. The number of allylic oxidation sites excluding steroid dienone is 2. The molecule has 2 unspecified atom stereocenters. The first-order valence-electron chi connectivity index (χ1n) is 12.9. The third kappa shape index (κ3) is 7.08. The number of hydrogen-bond donors (Lipinski definition) is 4. The number of ether oxygens (including phenoxy) is 2. The summed E-state index contributed by atoms with van der Waals surface area (Å²) in [5.74, 6) is 0.184. The van der Waals surface area contributed by atoms with Crippen molar-refractivity contribution < 1.29 is 34.7 Å². The Hall–Kier alpha value is -2.97. The summed E-state index contributed by atoms with van der Waals surface area (Å²) in [7, 11) is 0. The molecule has 0 amide bonds. The molecule has 2 aromatic rings. The molecule has 37 heavy (non-hydrogen) atoms. The summed E-state index contributed by atoms with van der Waals surface area (Å²) in [4.78, 5) is 12.6. The average molecular weight is 511 g/mol. The Morgan fingerprint density at radius 3 is 2.08 bits per heavy atom. The second-order valence-electron chi connectivity index (χ2n) is 9.34. The number of carbonyl (C=O) groups excluding carboxylic acids is 1. The van der Waals surface area contributed by atoms with Crippen LogP contribution in [0.4, 0.5) is 0 Å². The lowest BCUT2D eigenvalue weighted by atomic mass is 9.93. The third-order valence-electron chi connectivity index (χ3n) is 6.86. The summed E-state index contributed by atoms with van der Waals surface area (Å²) >= 11 is 0. The van der Waals surface area contributed by atoms with Crippen LogP contribution in [0.25, 0.3) is 11.1 Å². The largest absolute Gasteiger partial charge is 0.507 e. The van der Waals surface area contributed by atoms with Gasteiger partial charge in [-0.3, -0.25) is 4.79 Å². The van der Waals surface area contributed by atoms with Crippen LogP contribution in [-0.4, -0.2) is 39.1 Å². The Kier molecular flexibility index (Phi) is 10.5. The number of aliphatic hydroxyl groups is 3. The van der Waals surface area contributed by atoms with E-state index in [1.807, 2.05) is 13.0 Å². The van der Waals surface area contributed by atoms with Gasteiger partial charge in [0, 0.05) is 16.7 Å². The molecule has 0 saturated heterocycles. The number of aromatic hydroxyl groups is 1. The molecule has 1 aliphatic carbocycles. The predicted molar refractivity (Wildman–Crippen MR) is 142 cm³/mol. The van der Waals surface area contributed by atoms with E-state index < -0.39 is 19.2 Å². The lowest BCUT2D eigenvalue weighted by Crippen LogP contribution is -2.18. The smallest absolute Gasteiger partial charge is 0.313 e. The fourth-order valence-electron chi connectivity index (χ4n) is 4.40. The van der Waals surface area contributed by atoms with Crippen molar-refractivity contribution in [3.8, 4) is 22.6 Å². The summed E-state index contributed by atoms with van der Waals surface area (Å²) in [5.41, 5.74) is 4.45. The van der Waals surface area contributed by atoms with Gasteiger partial charge in [0.25, 0.3) is 0 Å². The lowest BCUT2D eigenvalue weighted by Gasteiger charge is -2.20. The van der Waals surface area contributed by atoms with Gasteiger partial charge < -0.3 is 29.9 Å². The van der Waals surface area contributed by atoms with E-state index in [0.29, 0.717) is 45.7 Å². The zero-order valence-electron chi connectivity index (χ0n) is 21.9. The van der Waals surface area contributed by atoms with Crippen LogP contribution < -0.4 is 4.74 Å². The van der Waals surface area contributed by atoms with E-state index in [2.05, 4.69) is 26.0 Å². The summed E-state index contributed by atoms with van der Waals surface area (Å²) in [6.07, 6.45) is 8.66. The van der Waals surface area contributed by atoms with Crippen LogP contribution in [0.1, 0.15) is 62.3 Å². The average Bonchev–Trinajstić information content (AvgIpc) is 2.93. The normalized spacial score (nSPS) is 15.9. The molecule has 7 heteroatoms. The van der Waals surface area contributed by atoms with Crippen LogP contribution in [0.5, 0.6) is 11.5 Å². The highest BCUT2D eigenvalue weighted by atomic mass is 16.5. The van der Waals surface area contributed by atoms with Crippen LogP contribution in [0, 0.1) is 5.92 Å². The lowest BCUT2D eigenvalue weighted by molar-refractivity contribution is -0.136. The minimum absolute atomic E-state index is 0.0292. The zero-order valence-corrected chi connectivity index (χ0v) is 21.9. The highest BCUT2D eigenvalue weighted by Crippen LogP contribution is 2.35. The predicted octanol–water partition coefficient (Wildman–Crippen LogP) is 4.71. The van der Waals surface area contributed by atoms with E-state index in [0.717, 1.165) is 12.8 Å². The van der Waals surface area contributed by atoms with Gasteiger partial charge in [-0.25, -0.2) is 0 Å². The number of aliphatic hydroxyl groups excluding tert-OH is 3. The van der Waals surface area contributed by atoms with Gasteiger partial charge in [-0.1, -0.05) is 39.0 Å². The number of hydrogen-bond acceptors (Lipinski definition) is 7. The van der Waals surface area contributed by atoms with Crippen molar-refractivity contribution in [2.45, 2.75) is 72.4 Å². The first-order valence-corrected chi connectivity index (χ1v) is 12.9. The highest BCUT2D eigenvalue weighted by Gasteiger charge is 2.19. The molecule has 0 heterocycles. The van der Waals surface area contributed by atoms with Gasteiger partial charge >= 0.3 is 5.97 Å². The SMILES string of the molecule is CCc1cc(-c2cc(CO)c(OC(=O)CCOC3C=CC(C(C)CC)=CC3)c(CO)c2)cc(CO)c1O. The van der Waals surface area contributed by atoms with Gasteiger partial charge in [0.05, 0.1) is 39.0 Å². The van der Waals surface area contributed by atoms with E-state index in [-0.39, 0.29) is 37.2 Å². The van der Waals surface area contributed by atoms with Gasteiger partial charge in [-0.05, 0) is 71.7 Å². The second-order valence-corrected chi connectivity index (χ2v) is 9.34. The quantitative estimate of drug-likeness (QED) is 0.241. The fraction of sp³-hybridized carbons (Fsp3) is 0.433. The van der Waals surface area contributed by atoms with Crippen molar-refractivity contribution in [3.05, 3.63) is 70.3 Å². The van der Waals surface area contributed by atoms with Gasteiger partial charge in [-0.15, -0.1) is 0 Å². The minimum atomic E-state index is -0.520. The third-order valence-corrected chi connectivity index (χ3v) is 6.86. The van der Waals surface area contributed by atoms with Crippen molar-refractivity contribution in [2.24, 2.45) is 5.92 Å². The van der Waals surface area contributed by atoms with Crippen LogP contribution in [0.15, 0.2) is 48.1 Å². The highest BCUT2D eigenvalue weighted by molar-refractivity contribution is 5.76. The minimum Gasteiger partial charge on any atom is -0.507 e. The molecule has 3 rings (SSSR count). The van der Waals surface area contributed by atoms with Gasteiger partial charge in [0.1, 0.15) is 11.5 Å². The van der Waals surface area contributed by atoms with Gasteiger partial charge in [0.2, 0.25) is 0 Å². The Morgan fingerprint density at radius 2 is 1.57 bits per heavy atom. The Bertz CT molecular complexity index is 1100. The fourth-order valence-corrected chi connectivity index (χ4v) is 4.40. The number of phenols is 1. The van der Waals surface area contributed by atoms with Crippen LogP contribution in [0.2, 0.25) is 0 Å².